The van der Waals surface area contributed by atoms with E-state index in [1.165, 1.54) is 0 Å². The van der Waals surface area contributed by atoms with E-state index in [1.54, 1.807) is 16.6 Å². The van der Waals surface area contributed by atoms with Gasteiger partial charge in [0.2, 0.25) is 0 Å². The molecule has 0 bridgehead atoms. The molecular weight excluding hydrogens is 302 g/mol. The number of rotatable bonds is 4. The quantitative estimate of drug-likeness (QED) is 0.738. The highest BCUT2D eigenvalue weighted by Gasteiger charge is 2.29. The normalized spacial score (nSPS) is 13.8. The average molecular weight is 317 g/mol. The van der Waals surface area contributed by atoms with Gasteiger partial charge in [-0.15, -0.1) is 5.10 Å². The first-order chi connectivity index (χ1) is 11.6. The Balaban J connectivity index is 1.85. The van der Waals surface area contributed by atoms with E-state index in [1.807, 2.05) is 25.1 Å². The summed E-state index contributed by atoms with van der Waals surface area (Å²) >= 11 is 0. The largest absolute Gasteiger partial charge is 0.299 e. The Hall–Kier alpha value is -3.07. The lowest BCUT2D eigenvalue weighted by atomic mass is 10.1. The standard InChI is InChI=1S/C18H15N5O/c1-11-20-17-9-15(8-16(24)13-5-6-13)21-18(23(17)22-11)14-4-2-3-12(7-14)10-19/h2-4,7,9,13H,5-6,8H2,1H3. The molecule has 0 spiro atoms. The first-order valence-corrected chi connectivity index (χ1v) is 7.90. The highest BCUT2D eigenvalue weighted by molar-refractivity contribution is 5.85. The number of aromatic nitrogens is 4. The van der Waals surface area contributed by atoms with Crippen molar-refractivity contribution in [1.29, 1.82) is 5.26 Å². The Labute approximate surface area is 138 Å². The van der Waals surface area contributed by atoms with E-state index in [-0.39, 0.29) is 11.7 Å². The summed E-state index contributed by atoms with van der Waals surface area (Å²) in [6.07, 6.45) is 2.29. The summed E-state index contributed by atoms with van der Waals surface area (Å²) in [6.45, 7) is 1.82. The van der Waals surface area contributed by atoms with Crippen molar-refractivity contribution in [1.82, 2.24) is 19.6 Å². The predicted octanol–water partition coefficient (Wildman–Crippen LogP) is 2.49. The Kier molecular flexibility index (Phi) is 3.35. The molecule has 2 heterocycles. The van der Waals surface area contributed by atoms with Crippen LogP contribution in [0.2, 0.25) is 0 Å². The van der Waals surface area contributed by atoms with Gasteiger partial charge in [0.15, 0.2) is 11.5 Å². The van der Waals surface area contributed by atoms with Crippen LogP contribution in [-0.4, -0.2) is 25.4 Å². The molecule has 6 heteroatoms. The number of carbonyl (C=O) groups is 1. The smallest absolute Gasteiger partial charge is 0.163 e. The summed E-state index contributed by atoms with van der Waals surface area (Å²) < 4.78 is 1.66. The topological polar surface area (TPSA) is 83.9 Å². The van der Waals surface area contributed by atoms with Gasteiger partial charge in [0.25, 0.3) is 0 Å². The van der Waals surface area contributed by atoms with E-state index in [0.29, 0.717) is 35.0 Å². The molecule has 2 aromatic heterocycles. The molecule has 1 aliphatic rings. The van der Waals surface area contributed by atoms with E-state index < -0.39 is 0 Å². The molecule has 0 amide bonds. The summed E-state index contributed by atoms with van der Waals surface area (Å²) in [4.78, 5) is 21.2. The van der Waals surface area contributed by atoms with Gasteiger partial charge in [-0.3, -0.25) is 4.79 Å². The molecule has 4 rings (SSSR count). The SMILES string of the molecule is Cc1nc2cc(CC(=O)C3CC3)nc(-c3cccc(C#N)c3)n2n1. The molecule has 118 valence electrons. The zero-order valence-electron chi connectivity index (χ0n) is 13.2. The average Bonchev–Trinajstić information content (AvgIpc) is 3.36. The molecule has 6 nitrogen and oxygen atoms in total. The summed E-state index contributed by atoms with van der Waals surface area (Å²) in [5.41, 5.74) is 2.70. The third-order valence-electron chi connectivity index (χ3n) is 4.12. The van der Waals surface area contributed by atoms with Crippen LogP contribution in [0.3, 0.4) is 0 Å². The number of hydrogen-bond donors (Lipinski definition) is 0. The first-order valence-electron chi connectivity index (χ1n) is 7.90. The van der Waals surface area contributed by atoms with Crippen molar-refractivity contribution in [2.24, 2.45) is 5.92 Å². The number of Topliss-reactive ketones (excluding diaryl/α,β-unsaturated/α-hetero) is 1. The van der Waals surface area contributed by atoms with Crippen molar-refractivity contribution in [3.63, 3.8) is 0 Å². The lowest BCUT2D eigenvalue weighted by Crippen LogP contribution is -2.09. The Morgan fingerprint density at radius 2 is 2.17 bits per heavy atom. The van der Waals surface area contributed by atoms with Gasteiger partial charge >= 0.3 is 0 Å². The molecule has 0 unspecified atom stereocenters. The fourth-order valence-corrected chi connectivity index (χ4v) is 2.78. The Morgan fingerprint density at radius 3 is 2.92 bits per heavy atom. The number of aryl methyl sites for hydroxylation is 1. The van der Waals surface area contributed by atoms with Crippen molar-refractivity contribution >= 4 is 11.4 Å². The maximum atomic E-state index is 12.1. The summed E-state index contributed by atoms with van der Waals surface area (Å²) in [5, 5.41) is 13.5. The molecule has 0 atom stereocenters. The molecule has 1 fully saturated rings. The van der Waals surface area contributed by atoms with E-state index >= 15 is 0 Å². The van der Waals surface area contributed by atoms with Gasteiger partial charge in [0.1, 0.15) is 11.6 Å². The van der Waals surface area contributed by atoms with Gasteiger partial charge in [-0.1, -0.05) is 12.1 Å². The lowest BCUT2D eigenvalue weighted by molar-refractivity contribution is -0.119. The maximum absolute atomic E-state index is 12.1. The molecule has 1 aliphatic carbocycles. The fraction of sp³-hybridized carbons (Fsp3) is 0.278. The van der Waals surface area contributed by atoms with Crippen LogP contribution in [-0.2, 0) is 11.2 Å². The predicted molar refractivity (Wildman–Crippen MR) is 87.1 cm³/mol. The number of nitriles is 1. The molecule has 0 N–H and O–H groups in total. The molecule has 0 aliphatic heterocycles. The second-order valence-electron chi connectivity index (χ2n) is 6.11. The van der Waals surface area contributed by atoms with Gasteiger partial charge in [0, 0.05) is 24.0 Å². The Bertz CT molecular complexity index is 994. The van der Waals surface area contributed by atoms with Crippen LogP contribution in [0, 0.1) is 24.2 Å². The van der Waals surface area contributed by atoms with Crippen LogP contribution >= 0.6 is 0 Å². The molecule has 24 heavy (non-hydrogen) atoms. The van der Waals surface area contributed by atoms with Gasteiger partial charge < -0.3 is 0 Å². The number of ketones is 1. The van der Waals surface area contributed by atoms with Crippen LogP contribution in [0.5, 0.6) is 0 Å². The van der Waals surface area contributed by atoms with Crippen LogP contribution < -0.4 is 0 Å². The highest BCUT2D eigenvalue weighted by atomic mass is 16.1. The number of benzene rings is 1. The number of nitrogens with zero attached hydrogens (tertiary/aromatic N) is 5. The van der Waals surface area contributed by atoms with E-state index in [2.05, 4.69) is 21.1 Å². The van der Waals surface area contributed by atoms with Crippen molar-refractivity contribution in [3.8, 4) is 17.5 Å². The third-order valence-corrected chi connectivity index (χ3v) is 4.12. The second kappa shape index (κ2) is 5.53. The van der Waals surface area contributed by atoms with Crippen molar-refractivity contribution in [3.05, 3.63) is 47.4 Å². The van der Waals surface area contributed by atoms with E-state index in [0.717, 1.165) is 18.4 Å². The number of hydrogen-bond acceptors (Lipinski definition) is 5. The molecule has 0 radical (unpaired) electrons. The number of carbonyl (C=O) groups excluding carboxylic acids is 1. The van der Waals surface area contributed by atoms with Gasteiger partial charge in [-0.25, -0.2) is 9.97 Å². The summed E-state index contributed by atoms with van der Waals surface area (Å²) in [7, 11) is 0. The third kappa shape index (κ3) is 2.65. The van der Waals surface area contributed by atoms with Crippen LogP contribution in [0.25, 0.3) is 17.0 Å². The van der Waals surface area contributed by atoms with E-state index in [4.69, 9.17) is 5.26 Å². The monoisotopic (exact) mass is 317 g/mol. The minimum Gasteiger partial charge on any atom is -0.299 e. The summed E-state index contributed by atoms with van der Waals surface area (Å²) in [6, 6.07) is 11.2. The highest BCUT2D eigenvalue weighted by Crippen LogP contribution is 2.31. The second-order valence-corrected chi connectivity index (χ2v) is 6.11. The maximum Gasteiger partial charge on any atom is 0.163 e. The minimum absolute atomic E-state index is 0.202. The van der Waals surface area contributed by atoms with Crippen LogP contribution in [0.4, 0.5) is 0 Å². The molecule has 1 aromatic carbocycles. The van der Waals surface area contributed by atoms with Crippen molar-refractivity contribution in [2.45, 2.75) is 26.2 Å². The number of fused-ring (bicyclic) bond motifs is 1. The molecule has 1 saturated carbocycles. The van der Waals surface area contributed by atoms with Crippen LogP contribution in [0.15, 0.2) is 30.3 Å². The lowest BCUT2D eigenvalue weighted by Gasteiger charge is -2.07. The molecular formula is C18H15N5O. The van der Waals surface area contributed by atoms with Crippen molar-refractivity contribution in [2.75, 3.05) is 0 Å². The zero-order valence-corrected chi connectivity index (χ0v) is 13.2. The first kappa shape index (κ1) is 14.5. The van der Waals surface area contributed by atoms with Crippen molar-refractivity contribution < 1.29 is 4.79 Å². The Morgan fingerprint density at radius 1 is 1.33 bits per heavy atom. The van der Waals surface area contributed by atoms with Gasteiger partial charge in [-0.05, 0) is 31.9 Å². The molecule has 0 saturated heterocycles. The zero-order chi connectivity index (χ0) is 16.7. The van der Waals surface area contributed by atoms with Gasteiger partial charge in [-0.2, -0.15) is 9.78 Å². The van der Waals surface area contributed by atoms with E-state index in [9.17, 15) is 4.79 Å². The van der Waals surface area contributed by atoms with Gasteiger partial charge in [0.05, 0.1) is 17.3 Å². The molecule has 3 aromatic rings. The summed E-state index contributed by atoms with van der Waals surface area (Å²) in [5.74, 6) is 1.68. The minimum atomic E-state index is 0.202. The fourth-order valence-electron chi connectivity index (χ4n) is 2.78. The van der Waals surface area contributed by atoms with Crippen LogP contribution in [0.1, 0.15) is 29.9 Å².